The molecule has 0 aliphatic heterocycles. The highest BCUT2D eigenvalue weighted by molar-refractivity contribution is 5.67. The molecule has 1 heterocycles. The number of hydrogen-bond donors (Lipinski definition) is 2. The zero-order valence-electron chi connectivity index (χ0n) is 10.7. The highest BCUT2D eigenvalue weighted by Crippen LogP contribution is 2.23. The van der Waals surface area contributed by atoms with Gasteiger partial charge in [0.25, 0.3) is 0 Å². The van der Waals surface area contributed by atoms with Crippen molar-refractivity contribution in [3.05, 3.63) is 18.2 Å². The van der Waals surface area contributed by atoms with Gasteiger partial charge in [-0.15, -0.1) is 5.10 Å². The van der Waals surface area contributed by atoms with E-state index in [1.807, 2.05) is 12.1 Å². The van der Waals surface area contributed by atoms with Crippen molar-refractivity contribution in [1.29, 1.82) is 0 Å². The lowest BCUT2D eigenvalue weighted by Gasteiger charge is -2.10. The van der Waals surface area contributed by atoms with Crippen molar-refractivity contribution in [2.45, 2.75) is 26.8 Å². The zero-order valence-corrected chi connectivity index (χ0v) is 10.7. The molecular weight excluding hydrogens is 228 g/mol. The molecule has 4 N–H and O–H groups in total. The van der Waals surface area contributed by atoms with Crippen LogP contribution in [0.2, 0.25) is 0 Å². The van der Waals surface area contributed by atoms with Gasteiger partial charge in [-0.3, -0.25) is 0 Å². The van der Waals surface area contributed by atoms with Gasteiger partial charge in [-0.05, 0) is 34.5 Å². The average Bonchev–Trinajstić information content (AvgIpc) is 2.75. The van der Waals surface area contributed by atoms with Crippen molar-refractivity contribution in [3.8, 4) is 11.4 Å². The van der Waals surface area contributed by atoms with Gasteiger partial charge in [0.05, 0.1) is 0 Å². The predicted octanol–water partition coefficient (Wildman–Crippen LogP) is 1.55. The van der Waals surface area contributed by atoms with E-state index in [1.54, 1.807) is 10.7 Å². The van der Waals surface area contributed by atoms with Crippen molar-refractivity contribution in [2.75, 3.05) is 11.5 Å². The van der Waals surface area contributed by atoms with Crippen LogP contribution in [-0.2, 0) is 6.54 Å². The predicted molar refractivity (Wildman–Crippen MR) is 71.5 cm³/mol. The summed E-state index contributed by atoms with van der Waals surface area (Å²) in [6, 6.07) is 5.37. The van der Waals surface area contributed by atoms with E-state index in [1.165, 1.54) is 0 Å². The number of nitrogens with two attached hydrogens (primary N) is 2. The van der Waals surface area contributed by atoms with Crippen LogP contribution in [0.5, 0.6) is 0 Å². The number of rotatable bonds is 4. The Bertz CT molecular complexity index is 513. The van der Waals surface area contributed by atoms with Gasteiger partial charge in [0.15, 0.2) is 5.82 Å². The minimum atomic E-state index is 0.519. The summed E-state index contributed by atoms with van der Waals surface area (Å²) in [4.78, 5) is 0. The van der Waals surface area contributed by atoms with E-state index in [9.17, 15) is 0 Å². The van der Waals surface area contributed by atoms with Crippen LogP contribution in [0.3, 0.4) is 0 Å². The van der Waals surface area contributed by atoms with E-state index in [4.69, 9.17) is 11.5 Å². The lowest BCUT2D eigenvalue weighted by molar-refractivity contribution is 0.434. The van der Waals surface area contributed by atoms with E-state index < -0.39 is 0 Å². The van der Waals surface area contributed by atoms with Gasteiger partial charge in [-0.1, -0.05) is 20.3 Å². The van der Waals surface area contributed by atoms with E-state index >= 15 is 0 Å². The fourth-order valence-electron chi connectivity index (χ4n) is 1.76. The summed E-state index contributed by atoms with van der Waals surface area (Å²) in [6.45, 7) is 5.10. The van der Waals surface area contributed by atoms with Crippen LogP contribution in [0.4, 0.5) is 11.4 Å². The minimum Gasteiger partial charge on any atom is -0.399 e. The third kappa shape index (κ3) is 2.58. The smallest absolute Gasteiger partial charge is 0.182 e. The second-order valence-corrected chi connectivity index (χ2v) is 4.59. The number of aromatic nitrogens is 4. The molecule has 2 aromatic rings. The quantitative estimate of drug-likeness (QED) is 0.798. The molecule has 0 spiro atoms. The summed E-state index contributed by atoms with van der Waals surface area (Å²) in [5.74, 6) is 1.22. The topological polar surface area (TPSA) is 95.6 Å². The van der Waals surface area contributed by atoms with Crippen LogP contribution in [0.15, 0.2) is 18.2 Å². The van der Waals surface area contributed by atoms with Gasteiger partial charge in [0.2, 0.25) is 0 Å². The Morgan fingerprint density at radius 2 is 1.89 bits per heavy atom. The van der Waals surface area contributed by atoms with E-state index in [-0.39, 0.29) is 0 Å². The summed E-state index contributed by atoms with van der Waals surface area (Å²) in [5.41, 5.74) is 13.6. The van der Waals surface area contributed by atoms with Crippen molar-refractivity contribution >= 4 is 11.4 Å². The first-order chi connectivity index (χ1) is 8.60. The van der Waals surface area contributed by atoms with Crippen molar-refractivity contribution in [1.82, 2.24) is 20.2 Å². The molecule has 0 aliphatic rings. The molecular formula is C12H18N6. The second kappa shape index (κ2) is 5.03. The molecule has 2 rings (SSSR count). The van der Waals surface area contributed by atoms with Crippen molar-refractivity contribution < 1.29 is 0 Å². The highest BCUT2D eigenvalue weighted by atomic mass is 15.5. The van der Waals surface area contributed by atoms with Crippen molar-refractivity contribution in [2.24, 2.45) is 5.92 Å². The number of tetrazole rings is 1. The molecule has 18 heavy (non-hydrogen) atoms. The summed E-state index contributed by atoms with van der Waals surface area (Å²) in [7, 11) is 0. The Balaban J connectivity index is 2.36. The van der Waals surface area contributed by atoms with E-state index in [0.29, 0.717) is 23.1 Å². The maximum absolute atomic E-state index is 5.79. The number of anilines is 2. The Morgan fingerprint density at radius 1 is 1.22 bits per heavy atom. The van der Waals surface area contributed by atoms with Crippen molar-refractivity contribution in [3.63, 3.8) is 0 Å². The molecule has 0 aliphatic carbocycles. The maximum atomic E-state index is 5.79. The Kier molecular flexibility index (Phi) is 3.45. The van der Waals surface area contributed by atoms with Gasteiger partial charge in [0.1, 0.15) is 0 Å². The number of nitrogen functional groups attached to an aromatic ring is 2. The Hall–Kier alpha value is -2.11. The fourth-order valence-corrected chi connectivity index (χ4v) is 1.76. The molecule has 96 valence electrons. The first kappa shape index (κ1) is 12.3. The Labute approximate surface area is 106 Å². The molecule has 0 saturated heterocycles. The molecule has 0 bridgehead atoms. The molecule has 6 heteroatoms. The number of benzene rings is 1. The number of nitrogens with zero attached hydrogens (tertiary/aromatic N) is 4. The zero-order chi connectivity index (χ0) is 13.1. The van der Waals surface area contributed by atoms with Gasteiger partial charge < -0.3 is 11.5 Å². The van der Waals surface area contributed by atoms with Crippen LogP contribution in [-0.4, -0.2) is 20.2 Å². The van der Waals surface area contributed by atoms with Crippen LogP contribution in [0.25, 0.3) is 11.4 Å². The second-order valence-electron chi connectivity index (χ2n) is 4.59. The molecule has 0 radical (unpaired) electrons. The summed E-state index contributed by atoms with van der Waals surface area (Å²) >= 11 is 0. The highest BCUT2D eigenvalue weighted by Gasteiger charge is 2.12. The summed E-state index contributed by atoms with van der Waals surface area (Å²) in [5, 5.41) is 11.8. The van der Waals surface area contributed by atoms with Crippen LogP contribution < -0.4 is 11.5 Å². The SMILES string of the molecule is CCC(C)Cn1nnnc1-c1cc(N)cc(N)c1. The van der Waals surface area contributed by atoms with Crippen LogP contribution in [0.1, 0.15) is 20.3 Å². The van der Waals surface area contributed by atoms with Gasteiger partial charge >= 0.3 is 0 Å². The molecule has 1 aromatic heterocycles. The van der Waals surface area contributed by atoms with Crippen LogP contribution in [0, 0.1) is 5.92 Å². The molecule has 1 unspecified atom stereocenters. The van der Waals surface area contributed by atoms with E-state index in [2.05, 4.69) is 29.4 Å². The molecule has 1 atom stereocenters. The van der Waals surface area contributed by atoms with Gasteiger partial charge in [-0.25, -0.2) is 4.68 Å². The maximum Gasteiger partial charge on any atom is 0.182 e. The summed E-state index contributed by atoms with van der Waals surface area (Å²) in [6.07, 6.45) is 1.08. The number of hydrogen-bond acceptors (Lipinski definition) is 5. The minimum absolute atomic E-state index is 0.519. The molecule has 0 fully saturated rings. The molecule has 0 saturated carbocycles. The first-order valence-corrected chi connectivity index (χ1v) is 6.02. The largest absolute Gasteiger partial charge is 0.399 e. The lowest BCUT2D eigenvalue weighted by Crippen LogP contribution is -2.10. The van der Waals surface area contributed by atoms with E-state index in [0.717, 1.165) is 18.5 Å². The molecule has 0 amide bonds. The average molecular weight is 246 g/mol. The third-order valence-electron chi connectivity index (χ3n) is 2.95. The van der Waals surface area contributed by atoms with Gasteiger partial charge in [-0.2, -0.15) is 0 Å². The Morgan fingerprint density at radius 3 is 2.50 bits per heavy atom. The normalized spacial score (nSPS) is 12.6. The van der Waals surface area contributed by atoms with Gasteiger partial charge in [0, 0.05) is 23.5 Å². The third-order valence-corrected chi connectivity index (χ3v) is 2.95. The lowest BCUT2D eigenvalue weighted by atomic mass is 10.1. The molecule has 1 aromatic carbocycles. The standard InChI is InChI=1S/C12H18N6/c1-3-8(2)7-18-12(15-16-17-18)9-4-10(13)6-11(14)5-9/h4-6,8H,3,7,13-14H2,1-2H3. The fraction of sp³-hybridized carbons (Fsp3) is 0.417. The first-order valence-electron chi connectivity index (χ1n) is 6.02. The monoisotopic (exact) mass is 246 g/mol. The summed E-state index contributed by atoms with van der Waals surface area (Å²) < 4.78 is 1.79. The van der Waals surface area contributed by atoms with Crippen LogP contribution >= 0.6 is 0 Å². The molecule has 6 nitrogen and oxygen atoms in total.